The Morgan fingerprint density at radius 2 is 2.40 bits per heavy atom. The minimum Gasteiger partial charge on any atom is -0.361 e. The average molecular weight is 289 g/mol. The van der Waals surface area contributed by atoms with Crippen LogP contribution in [0.4, 0.5) is 5.82 Å². The zero-order chi connectivity index (χ0) is 10.7. The van der Waals surface area contributed by atoms with E-state index in [-0.39, 0.29) is 0 Å². The number of hydrogen-bond acceptors (Lipinski definition) is 4. The maximum atomic E-state index is 5.97. The molecule has 0 aliphatic heterocycles. The molecule has 0 saturated heterocycles. The molecule has 4 nitrogen and oxygen atoms in total. The smallest absolute Gasteiger partial charge is 0.155 e. The van der Waals surface area contributed by atoms with Crippen molar-refractivity contribution >= 4 is 33.3 Å². The summed E-state index contributed by atoms with van der Waals surface area (Å²) >= 11 is 9.25. The monoisotopic (exact) mass is 287 g/mol. The van der Waals surface area contributed by atoms with Gasteiger partial charge in [0.1, 0.15) is 5.82 Å². The minimum atomic E-state index is 0.508. The standard InChI is InChI=1S/C9H7BrClN3O/c10-6-3-8(11)9(12-4-6)13-5-7-1-2-14-15-7/h1-4H,5H2,(H,12,13). The van der Waals surface area contributed by atoms with E-state index in [2.05, 4.69) is 31.4 Å². The highest BCUT2D eigenvalue weighted by atomic mass is 79.9. The first-order valence-corrected chi connectivity index (χ1v) is 5.37. The highest BCUT2D eigenvalue weighted by Crippen LogP contribution is 2.23. The Labute approximate surface area is 99.8 Å². The van der Waals surface area contributed by atoms with Crippen molar-refractivity contribution in [2.24, 2.45) is 0 Å². The van der Waals surface area contributed by atoms with Gasteiger partial charge in [-0.1, -0.05) is 16.8 Å². The van der Waals surface area contributed by atoms with E-state index in [1.807, 2.05) is 0 Å². The van der Waals surface area contributed by atoms with E-state index in [4.69, 9.17) is 16.1 Å². The Balaban J connectivity index is 2.05. The molecular weight excluding hydrogens is 281 g/mol. The third-order valence-corrected chi connectivity index (χ3v) is 2.45. The van der Waals surface area contributed by atoms with Gasteiger partial charge in [0.15, 0.2) is 5.76 Å². The van der Waals surface area contributed by atoms with Gasteiger partial charge in [0.05, 0.1) is 17.8 Å². The van der Waals surface area contributed by atoms with Gasteiger partial charge in [0.2, 0.25) is 0 Å². The van der Waals surface area contributed by atoms with Gasteiger partial charge >= 0.3 is 0 Å². The third kappa shape index (κ3) is 2.70. The Morgan fingerprint density at radius 3 is 3.07 bits per heavy atom. The predicted octanol–water partition coefficient (Wildman–Crippen LogP) is 3.10. The van der Waals surface area contributed by atoms with Gasteiger partial charge in [-0.25, -0.2) is 4.98 Å². The van der Waals surface area contributed by atoms with Crippen molar-refractivity contribution in [3.05, 3.63) is 39.8 Å². The molecule has 2 aromatic heterocycles. The van der Waals surface area contributed by atoms with E-state index in [1.165, 1.54) is 0 Å². The van der Waals surface area contributed by atoms with Crippen LogP contribution in [0.15, 0.2) is 33.5 Å². The second-order valence-corrected chi connectivity index (χ2v) is 4.14. The lowest BCUT2D eigenvalue weighted by molar-refractivity contribution is 0.388. The lowest BCUT2D eigenvalue weighted by Gasteiger charge is -2.04. The molecule has 0 amide bonds. The van der Waals surface area contributed by atoms with Crippen molar-refractivity contribution < 1.29 is 4.52 Å². The van der Waals surface area contributed by atoms with Gasteiger partial charge in [-0.15, -0.1) is 0 Å². The van der Waals surface area contributed by atoms with Crippen LogP contribution in [0.3, 0.4) is 0 Å². The first-order valence-electron chi connectivity index (χ1n) is 4.20. The molecule has 0 spiro atoms. The fourth-order valence-corrected chi connectivity index (χ4v) is 1.75. The van der Waals surface area contributed by atoms with Gasteiger partial charge in [-0.05, 0) is 22.0 Å². The molecule has 0 fully saturated rings. The molecular formula is C9H7BrClN3O. The number of rotatable bonds is 3. The Morgan fingerprint density at radius 1 is 1.53 bits per heavy atom. The number of halogens is 2. The Bertz CT molecular complexity index is 447. The summed E-state index contributed by atoms with van der Waals surface area (Å²) in [6, 6.07) is 3.55. The summed E-state index contributed by atoms with van der Waals surface area (Å²) in [6.07, 6.45) is 3.27. The second-order valence-electron chi connectivity index (χ2n) is 2.82. The van der Waals surface area contributed by atoms with Crippen LogP contribution in [0.2, 0.25) is 5.02 Å². The van der Waals surface area contributed by atoms with Crippen LogP contribution in [-0.4, -0.2) is 10.1 Å². The molecule has 0 saturated carbocycles. The van der Waals surface area contributed by atoms with Gasteiger partial charge in [-0.3, -0.25) is 0 Å². The number of nitrogens with zero attached hydrogens (tertiary/aromatic N) is 2. The molecule has 1 N–H and O–H groups in total. The van der Waals surface area contributed by atoms with Gasteiger partial charge in [0.25, 0.3) is 0 Å². The zero-order valence-electron chi connectivity index (χ0n) is 7.58. The van der Waals surface area contributed by atoms with Crippen molar-refractivity contribution in [1.82, 2.24) is 10.1 Å². The second kappa shape index (κ2) is 4.63. The average Bonchev–Trinajstić information content (AvgIpc) is 2.69. The summed E-state index contributed by atoms with van der Waals surface area (Å²) in [6.45, 7) is 0.508. The summed E-state index contributed by atoms with van der Waals surface area (Å²) in [5.74, 6) is 1.35. The molecule has 15 heavy (non-hydrogen) atoms. The number of nitrogens with one attached hydrogen (secondary N) is 1. The topological polar surface area (TPSA) is 51.0 Å². The van der Waals surface area contributed by atoms with Crippen LogP contribution >= 0.6 is 27.5 Å². The fourth-order valence-electron chi connectivity index (χ4n) is 1.05. The van der Waals surface area contributed by atoms with Crippen LogP contribution < -0.4 is 5.32 Å². The molecule has 2 rings (SSSR count). The number of pyridine rings is 1. The van der Waals surface area contributed by atoms with Crippen LogP contribution in [-0.2, 0) is 6.54 Å². The van der Waals surface area contributed by atoms with Crippen molar-refractivity contribution in [3.63, 3.8) is 0 Å². The maximum Gasteiger partial charge on any atom is 0.155 e. The predicted molar refractivity (Wildman–Crippen MR) is 60.8 cm³/mol. The third-order valence-electron chi connectivity index (χ3n) is 1.73. The zero-order valence-corrected chi connectivity index (χ0v) is 9.92. The molecule has 0 bridgehead atoms. The molecule has 2 aromatic rings. The van der Waals surface area contributed by atoms with Crippen molar-refractivity contribution in [2.75, 3.05) is 5.32 Å². The highest BCUT2D eigenvalue weighted by molar-refractivity contribution is 9.10. The summed E-state index contributed by atoms with van der Waals surface area (Å²) in [5, 5.41) is 7.20. The van der Waals surface area contributed by atoms with Crippen LogP contribution in [0.5, 0.6) is 0 Å². The molecule has 0 radical (unpaired) electrons. The molecule has 0 aliphatic carbocycles. The summed E-state index contributed by atoms with van der Waals surface area (Å²) in [7, 11) is 0. The van der Waals surface area contributed by atoms with Crippen molar-refractivity contribution in [2.45, 2.75) is 6.54 Å². The summed E-state index contributed by atoms with van der Waals surface area (Å²) in [4.78, 5) is 4.13. The SMILES string of the molecule is Clc1cc(Br)cnc1NCc1ccno1. The molecule has 0 aromatic carbocycles. The van der Waals surface area contributed by atoms with E-state index in [1.54, 1.807) is 24.5 Å². The van der Waals surface area contributed by atoms with Crippen molar-refractivity contribution in [3.8, 4) is 0 Å². The van der Waals surface area contributed by atoms with Crippen molar-refractivity contribution in [1.29, 1.82) is 0 Å². The lowest BCUT2D eigenvalue weighted by Crippen LogP contribution is -2.00. The minimum absolute atomic E-state index is 0.508. The summed E-state index contributed by atoms with van der Waals surface area (Å²) in [5.41, 5.74) is 0. The summed E-state index contributed by atoms with van der Waals surface area (Å²) < 4.78 is 5.77. The first kappa shape index (κ1) is 10.4. The van der Waals surface area contributed by atoms with E-state index in [0.717, 1.165) is 10.2 Å². The fraction of sp³-hybridized carbons (Fsp3) is 0.111. The highest BCUT2D eigenvalue weighted by Gasteiger charge is 2.03. The molecule has 0 unspecified atom stereocenters. The lowest BCUT2D eigenvalue weighted by atomic mass is 10.4. The van der Waals surface area contributed by atoms with E-state index in [0.29, 0.717) is 17.4 Å². The molecule has 0 atom stereocenters. The Hall–Kier alpha value is -1.07. The maximum absolute atomic E-state index is 5.97. The van der Waals surface area contributed by atoms with Crippen LogP contribution in [0, 0.1) is 0 Å². The molecule has 0 aliphatic rings. The van der Waals surface area contributed by atoms with E-state index >= 15 is 0 Å². The van der Waals surface area contributed by atoms with Gasteiger partial charge in [0, 0.05) is 16.7 Å². The van der Waals surface area contributed by atoms with E-state index < -0.39 is 0 Å². The molecule has 2 heterocycles. The molecule has 6 heteroatoms. The quantitative estimate of drug-likeness (QED) is 0.943. The van der Waals surface area contributed by atoms with Gasteiger partial charge in [-0.2, -0.15) is 0 Å². The van der Waals surface area contributed by atoms with Gasteiger partial charge < -0.3 is 9.84 Å². The largest absolute Gasteiger partial charge is 0.361 e. The number of anilines is 1. The Kier molecular flexibility index (Phi) is 3.23. The normalized spacial score (nSPS) is 10.3. The molecule has 78 valence electrons. The first-order chi connectivity index (χ1) is 7.25. The van der Waals surface area contributed by atoms with Crippen LogP contribution in [0.25, 0.3) is 0 Å². The van der Waals surface area contributed by atoms with E-state index in [9.17, 15) is 0 Å². The van der Waals surface area contributed by atoms with Crippen LogP contribution in [0.1, 0.15) is 5.76 Å². The number of hydrogen-bond donors (Lipinski definition) is 1. The number of aromatic nitrogens is 2.